The molecule has 0 saturated heterocycles. The van der Waals surface area contributed by atoms with Crippen LogP contribution in [0.5, 0.6) is 0 Å². The molecule has 1 aromatic heterocycles. The van der Waals surface area contributed by atoms with Crippen LogP contribution in [0, 0.1) is 0 Å². The van der Waals surface area contributed by atoms with Crippen molar-refractivity contribution in [3.63, 3.8) is 0 Å². The molecule has 3 aromatic rings. The number of rotatable bonds is 7. The third-order valence-corrected chi connectivity index (χ3v) is 4.62. The molecule has 0 atom stereocenters. The van der Waals surface area contributed by atoms with Gasteiger partial charge in [-0.2, -0.15) is 0 Å². The number of nitrogens with one attached hydrogen (secondary N) is 1. The van der Waals surface area contributed by atoms with Gasteiger partial charge in [-0.1, -0.05) is 59.6 Å². The Morgan fingerprint density at radius 2 is 1.92 bits per heavy atom. The van der Waals surface area contributed by atoms with Gasteiger partial charge in [-0.05, 0) is 23.3 Å². The molecule has 0 aliphatic heterocycles. The number of amides is 1. The average molecular weight is 388 g/mol. The fraction of sp³-hybridized carbons (Fsp3) is 0.200. The summed E-state index contributed by atoms with van der Waals surface area (Å²) < 4.78 is 2.09. The smallest absolute Gasteiger partial charge is 0.224 e. The summed E-state index contributed by atoms with van der Waals surface area (Å²) in [7, 11) is 0. The molecule has 0 aliphatic rings. The van der Waals surface area contributed by atoms with Crippen molar-refractivity contribution < 1.29 is 4.79 Å². The molecular formula is C20H19Cl2N3O. The van der Waals surface area contributed by atoms with Crippen molar-refractivity contribution in [3.05, 3.63) is 87.9 Å². The molecule has 4 nitrogen and oxygen atoms in total. The van der Waals surface area contributed by atoms with E-state index in [9.17, 15) is 4.79 Å². The first-order valence-corrected chi connectivity index (χ1v) is 9.12. The van der Waals surface area contributed by atoms with Gasteiger partial charge in [0.05, 0.1) is 6.42 Å². The topological polar surface area (TPSA) is 46.9 Å². The van der Waals surface area contributed by atoms with Gasteiger partial charge in [0.25, 0.3) is 0 Å². The number of benzene rings is 2. The molecule has 0 spiro atoms. The monoisotopic (exact) mass is 387 g/mol. The molecule has 0 fully saturated rings. The van der Waals surface area contributed by atoms with Crippen LogP contribution in [0.3, 0.4) is 0 Å². The van der Waals surface area contributed by atoms with Crippen LogP contribution in [-0.2, 0) is 24.2 Å². The molecule has 0 saturated carbocycles. The van der Waals surface area contributed by atoms with Crippen molar-refractivity contribution in [1.29, 1.82) is 0 Å². The van der Waals surface area contributed by atoms with Crippen LogP contribution < -0.4 is 5.32 Å². The van der Waals surface area contributed by atoms with E-state index >= 15 is 0 Å². The van der Waals surface area contributed by atoms with Crippen molar-refractivity contribution >= 4 is 29.1 Å². The highest BCUT2D eigenvalue weighted by Crippen LogP contribution is 2.21. The number of aromatic nitrogens is 2. The number of hydrogen-bond donors (Lipinski definition) is 1. The van der Waals surface area contributed by atoms with Crippen LogP contribution in [-0.4, -0.2) is 22.0 Å². The van der Waals surface area contributed by atoms with E-state index in [1.54, 1.807) is 24.4 Å². The van der Waals surface area contributed by atoms with Gasteiger partial charge in [0.1, 0.15) is 5.82 Å². The quantitative estimate of drug-likeness (QED) is 0.661. The van der Waals surface area contributed by atoms with E-state index in [4.69, 9.17) is 23.2 Å². The molecule has 3 rings (SSSR count). The molecule has 0 bridgehead atoms. The minimum absolute atomic E-state index is 0.0737. The predicted octanol–water partition coefficient (Wildman–Crippen LogP) is 4.14. The lowest BCUT2D eigenvalue weighted by Crippen LogP contribution is -2.28. The summed E-state index contributed by atoms with van der Waals surface area (Å²) in [5, 5.41) is 3.98. The van der Waals surface area contributed by atoms with Gasteiger partial charge < -0.3 is 9.88 Å². The fourth-order valence-corrected chi connectivity index (χ4v) is 3.18. The van der Waals surface area contributed by atoms with Gasteiger partial charge in [0.2, 0.25) is 5.91 Å². The summed E-state index contributed by atoms with van der Waals surface area (Å²) >= 11 is 12.0. The number of halogens is 2. The molecule has 134 valence electrons. The van der Waals surface area contributed by atoms with Crippen molar-refractivity contribution in [2.75, 3.05) is 6.54 Å². The predicted molar refractivity (Wildman–Crippen MR) is 105 cm³/mol. The Morgan fingerprint density at radius 1 is 1.12 bits per heavy atom. The lowest BCUT2D eigenvalue weighted by Gasteiger charge is -2.09. The van der Waals surface area contributed by atoms with Crippen molar-refractivity contribution in [1.82, 2.24) is 14.9 Å². The standard InChI is InChI=1S/C20H19Cl2N3O/c21-17-7-6-16(18(22)13-17)12-20(26)24-9-8-19-23-10-11-25(19)14-15-4-2-1-3-5-15/h1-7,10-11,13H,8-9,12,14H2,(H,24,26). The van der Waals surface area contributed by atoms with Gasteiger partial charge in [0.15, 0.2) is 0 Å². The van der Waals surface area contributed by atoms with Gasteiger partial charge in [-0.15, -0.1) is 0 Å². The SMILES string of the molecule is O=C(Cc1ccc(Cl)cc1Cl)NCCc1nccn1Cc1ccccc1. The summed E-state index contributed by atoms with van der Waals surface area (Å²) in [4.78, 5) is 16.5. The zero-order valence-electron chi connectivity index (χ0n) is 14.2. The third kappa shape index (κ3) is 5.10. The van der Waals surface area contributed by atoms with E-state index < -0.39 is 0 Å². The number of nitrogens with zero attached hydrogens (tertiary/aromatic N) is 2. The molecule has 0 radical (unpaired) electrons. The number of carbonyl (C=O) groups excluding carboxylic acids is 1. The van der Waals surface area contributed by atoms with Gasteiger partial charge in [-0.25, -0.2) is 4.98 Å². The Kier molecular flexibility index (Phi) is 6.31. The highest BCUT2D eigenvalue weighted by molar-refractivity contribution is 6.35. The minimum Gasteiger partial charge on any atom is -0.355 e. The molecule has 6 heteroatoms. The first-order chi connectivity index (χ1) is 12.6. The lowest BCUT2D eigenvalue weighted by atomic mass is 10.1. The number of carbonyl (C=O) groups is 1. The van der Waals surface area contributed by atoms with Crippen LogP contribution >= 0.6 is 23.2 Å². The Morgan fingerprint density at radius 3 is 2.69 bits per heavy atom. The first-order valence-electron chi connectivity index (χ1n) is 8.36. The highest BCUT2D eigenvalue weighted by Gasteiger charge is 2.09. The maximum Gasteiger partial charge on any atom is 0.224 e. The molecule has 1 heterocycles. The summed E-state index contributed by atoms with van der Waals surface area (Å²) in [6.45, 7) is 1.29. The number of imidazole rings is 1. The second-order valence-corrected chi connectivity index (χ2v) is 6.81. The average Bonchev–Trinajstić information content (AvgIpc) is 3.05. The molecular weight excluding hydrogens is 369 g/mol. The Balaban J connectivity index is 1.50. The first kappa shape index (κ1) is 18.5. The van der Waals surface area contributed by atoms with Crippen molar-refractivity contribution in [2.45, 2.75) is 19.4 Å². The van der Waals surface area contributed by atoms with Crippen LogP contribution in [0.15, 0.2) is 60.9 Å². The summed E-state index contributed by atoms with van der Waals surface area (Å²) in [5.41, 5.74) is 1.98. The van der Waals surface area contributed by atoms with E-state index in [1.165, 1.54) is 5.56 Å². The third-order valence-electron chi connectivity index (χ3n) is 4.03. The van der Waals surface area contributed by atoms with Crippen LogP contribution in [0.1, 0.15) is 17.0 Å². The zero-order valence-corrected chi connectivity index (χ0v) is 15.7. The molecule has 0 aliphatic carbocycles. The van der Waals surface area contributed by atoms with E-state index in [-0.39, 0.29) is 12.3 Å². The van der Waals surface area contributed by atoms with E-state index in [0.717, 1.165) is 17.9 Å². The zero-order chi connectivity index (χ0) is 18.4. The highest BCUT2D eigenvalue weighted by atomic mass is 35.5. The maximum atomic E-state index is 12.1. The molecule has 1 amide bonds. The summed E-state index contributed by atoms with van der Waals surface area (Å²) in [6.07, 6.45) is 4.64. The van der Waals surface area contributed by atoms with E-state index in [0.29, 0.717) is 23.0 Å². The van der Waals surface area contributed by atoms with E-state index in [2.05, 4.69) is 27.0 Å². The maximum absolute atomic E-state index is 12.1. The van der Waals surface area contributed by atoms with Crippen molar-refractivity contribution in [3.8, 4) is 0 Å². The Hall–Kier alpha value is -2.30. The van der Waals surface area contributed by atoms with Gasteiger partial charge >= 0.3 is 0 Å². The molecule has 2 aromatic carbocycles. The van der Waals surface area contributed by atoms with E-state index in [1.807, 2.05) is 24.4 Å². The Bertz CT molecular complexity index is 878. The van der Waals surface area contributed by atoms with Crippen LogP contribution in [0.25, 0.3) is 0 Å². The van der Waals surface area contributed by atoms with Crippen LogP contribution in [0.4, 0.5) is 0 Å². The minimum atomic E-state index is -0.0737. The fourth-order valence-electron chi connectivity index (χ4n) is 2.71. The molecule has 26 heavy (non-hydrogen) atoms. The molecule has 0 unspecified atom stereocenters. The normalized spacial score (nSPS) is 10.7. The van der Waals surface area contributed by atoms with Crippen LogP contribution in [0.2, 0.25) is 10.0 Å². The lowest BCUT2D eigenvalue weighted by molar-refractivity contribution is -0.120. The van der Waals surface area contributed by atoms with Gasteiger partial charge in [0, 0.05) is 41.9 Å². The largest absolute Gasteiger partial charge is 0.355 e. The number of hydrogen-bond acceptors (Lipinski definition) is 2. The second-order valence-electron chi connectivity index (χ2n) is 5.97. The Labute approximate surface area is 162 Å². The second kappa shape index (κ2) is 8.88. The summed E-state index contributed by atoms with van der Waals surface area (Å²) in [6, 6.07) is 15.4. The molecule has 1 N–H and O–H groups in total. The van der Waals surface area contributed by atoms with Crippen molar-refractivity contribution in [2.24, 2.45) is 0 Å². The summed E-state index contributed by atoms with van der Waals surface area (Å²) in [5.74, 6) is 0.870. The van der Waals surface area contributed by atoms with Gasteiger partial charge in [-0.3, -0.25) is 4.79 Å².